The molecule has 16 heavy (non-hydrogen) atoms. The van der Waals surface area contributed by atoms with Crippen molar-refractivity contribution in [3.63, 3.8) is 0 Å². The Morgan fingerprint density at radius 3 is 0.938 bits per heavy atom. The second-order valence-electron chi connectivity index (χ2n) is 5.50. The molecule has 0 radical (unpaired) electrons. The highest BCUT2D eigenvalue weighted by atomic mass is 14.3. The van der Waals surface area contributed by atoms with Gasteiger partial charge in [-0.2, -0.15) is 0 Å². The first-order valence-electron chi connectivity index (χ1n) is 7.97. The van der Waals surface area contributed by atoms with E-state index < -0.39 is 0 Å². The molecule has 0 saturated heterocycles. The molecular formula is C16H32. The first kappa shape index (κ1) is 14.1. The lowest BCUT2D eigenvalue weighted by molar-refractivity contribution is 0.269. The van der Waals surface area contributed by atoms with Crippen LogP contribution in [0.4, 0.5) is 0 Å². The summed E-state index contributed by atoms with van der Waals surface area (Å²) in [4.78, 5) is 0. The molecule has 0 nitrogen and oxygen atoms in total. The molecule has 0 unspecified atom stereocenters. The number of hydrogen-bond donors (Lipinski definition) is 0. The summed E-state index contributed by atoms with van der Waals surface area (Å²) in [5.41, 5.74) is 0. The lowest BCUT2D eigenvalue weighted by Gasteiger charge is -2.24. The number of hydrogen-bond acceptors (Lipinski definition) is 0. The molecule has 0 aliphatic heterocycles. The zero-order chi connectivity index (χ0) is 11.6. The van der Waals surface area contributed by atoms with Gasteiger partial charge in [-0.1, -0.05) is 90.9 Å². The van der Waals surface area contributed by atoms with Crippen molar-refractivity contribution in [1.29, 1.82) is 0 Å². The predicted octanol–water partition coefficient (Wildman–Crippen LogP) is 5.95. The van der Waals surface area contributed by atoms with Crippen LogP contribution in [0.1, 0.15) is 90.9 Å². The van der Waals surface area contributed by atoms with Gasteiger partial charge in [0.15, 0.2) is 0 Å². The van der Waals surface area contributed by atoms with Gasteiger partial charge >= 0.3 is 0 Å². The van der Waals surface area contributed by atoms with E-state index in [1.54, 1.807) is 25.7 Å². The fraction of sp³-hybridized carbons (Fsp3) is 1.00. The monoisotopic (exact) mass is 224 g/mol. The SMILES string of the molecule is C1CCCC(C2CCCCCC2)CC1.CC. The van der Waals surface area contributed by atoms with Crippen molar-refractivity contribution in [3.8, 4) is 0 Å². The number of rotatable bonds is 1. The fourth-order valence-corrected chi connectivity index (χ4v) is 3.56. The molecule has 2 fully saturated rings. The maximum Gasteiger partial charge on any atom is -0.0386 e. The Morgan fingerprint density at radius 1 is 0.438 bits per heavy atom. The Kier molecular flexibility index (Phi) is 7.98. The molecule has 0 amide bonds. The lowest BCUT2D eigenvalue weighted by Crippen LogP contribution is -2.13. The summed E-state index contributed by atoms with van der Waals surface area (Å²) in [6, 6.07) is 0. The molecule has 96 valence electrons. The van der Waals surface area contributed by atoms with Crippen molar-refractivity contribution in [2.24, 2.45) is 11.8 Å². The molecule has 0 heteroatoms. The van der Waals surface area contributed by atoms with Crippen LogP contribution in [0.25, 0.3) is 0 Å². The van der Waals surface area contributed by atoms with Gasteiger partial charge in [0.1, 0.15) is 0 Å². The smallest absolute Gasteiger partial charge is 0.0386 e. The Balaban J connectivity index is 0.000000606. The molecule has 0 aromatic heterocycles. The summed E-state index contributed by atoms with van der Waals surface area (Å²) in [5.74, 6) is 2.24. The van der Waals surface area contributed by atoms with Crippen LogP contribution in [0.2, 0.25) is 0 Å². The van der Waals surface area contributed by atoms with Crippen LogP contribution in [-0.2, 0) is 0 Å². The van der Waals surface area contributed by atoms with Crippen LogP contribution in [0.15, 0.2) is 0 Å². The highest BCUT2D eigenvalue weighted by Crippen LogP contribution is 2.36. The maximum absolute atomic E-state index is 2.00. The van der Waals surface area contributed by atoms with Crippen LogP contribution in [-0.4, -0.2) is 0 Å². The highest BCUT2D eigenvalue weighted by Gasteiger charge is 2.23. The third kappa shape index (κ3) is 4.89. The molecule has 0 spiro atoms. The van der Waals surface area contributed by atoms with E-state index in [1.807, 2.05) is 13.8 Å². The quantitative estimate of drug-likeness (QED) is 0.482. The standard InChI is InChI=1S/C14H26.C2H6/c1-2-6-10-13(9-5-1)14-11-7-3-4-8-12-14;1-2/h13-14H,1-12H2;1-2H3. The van der Waals surface area contributed by atoms with Crippen LogP contribution < -0.4 is 0 Å². The molecule has 0 aromatic rings. The van der Waals surface area contributed by atoms with Gasteiger partial charge in [-0.15, -0.1) is 0 Å². The molecule has 0 aromatic carbocycles. The molecule has 0 atom stereocenters. The van der Waals surface area contributed by atoms with Crippen molar-refractivity contribution in [3.05, 3.63) is 0 Å². The molecule has 2 aliphatic carbocycles. The molecule has 2 saturated carbocycles. The summed E-state index contributed by atoms with van der Waals surface area (Å²) in [6.07, 6.45) is 18.4. The first-order valence-corrected chi connectivity index (χ1v) is 7.97. The van der Waals surface area contributed by atoms with E-state index in [9.17, 15) is 0 Å². The van der Waals surface area contributed by atoms with Crippen molar-refractivity contribution < 1.29 is 0 Å². The van der Waals surface area contributed by atoms with E-state index in [1.165, 1.54) is 51.4 Å². The predicted molar refractivity (Wildman–Crippen MR) is 73.7 cm³/mol. The van der Waals surface area contributed by atoms with Crippen molar-refractivity contribution in [1.82, 2.24) is 0 Å². The minimum Gasteiger partial charge on any atom is -0.0683 e. The summed E-state index contributed by atoms with van der Waals surface area (Å²) in [6.45, 7) is 4.00. The molecular weight excluding hydrogens is 192 g/mol. The second kappa shape index (κ2) is 9.07. The topological polar surface area (TPSA) is 0 Å². The second-order valence-corrected chi connectivity index (χ2v) is 5.50. The first-order chi connectivity index (χ1) is 7.97. The van der Waals surface area contributed by atoms with Gasteiger partial charge < -0.3 is 0 Å². The Hall–Kier alpha value is 0. The van der Waals surface area contributed by atoms with Gasteiger partial charge in [0.2, 0.25) is 0 Å². The molecule has 2 rings (SSSR count). The maximum atomic E-state index is 2.00. The third-order valence-electron chi connectivity index (χ3n) is 4.47. The lowest BCUT2D eigenvalue weighted by atomic mass is 9.81. The Labute approximate surface area is 103 Å². The molecule has 0 N–H and O–H groups in total. The van der Waals surface area contributed by atoms with E-state index in [2.05, 4.69) is 0 Å². The largest absolute Gasteiger partial charge is 0.0683 e. The molecule has 2 aliphatic rings. The molecule has 0 bridgehead atoms. The summed E-state index contributed by atoms with van der Waals surface area (Å²) < 4.78 is 0. The van der Waals surface area contributed by atoms with E-state index >= 15 is 0 Å². The van der Waals surface area contributed by atoms with E-state index in [-0.39, 0.29) is 0 Å². The summed E-state index contributed by atoms with van der Waals surface area (Å²) >= 11 is 0. The van der Waals surface area contributed by atoms with Crippen molar-refractivity contribution in [2.75, 3.05) is 0 Å². The van der Waals surface area contributed by atoms with E-state index in [0.29, 0.717) is 0 Å². The van der Waals surface area contributed by atoms with Gasteiger partial charge in [0.25, 0.3) is 0 Å². The van der Waals surface area contributed by atoms with Crippen molar-refractivity contribution in [2.45, 2.75) is 90.9 Å². The van der Waals surface area contributed by atoms with Crippen LogP contribution in [0, 0.1) is 11.8 Å². The summed E-state index contributed by atoms with van der Waals surface area (Å²) in [7, 11) is 0. The Bertz CT molecular complexity index is 116. The minimum absolute atomic E-state index is 1.12. The fourth-order valence-electron chi connectivity index (χ4n) is 3.56. The van der Waals surface area contributed by atoms with Gasteiger partial charge in [-0.3, -0.25) is 0 Å². The van der Waals surface area contributed by atoms with Gasteiger partial charge in [-0.05, 0) is 11.8 Å². The molecule has 0 heterocycles. The van der Waals surface area contributed by atoms with Crippen LogP contribution >= 0.6 is 0 Å². The summed E-state index contributed by atoms with van der Waals surface area (Å²) in [5, 5.41) is 0. The van der Waals surface area contributed by atoms with Crippen LogP contribution in [0.5, 0.6) is 0 Å². The van der Waals surface area contributed by atoms with Gasteiger partial charge in [0.05, 0.1) is 0 Å². The average molecular weight is 224 g/mol. The minimum atomic E-state index is 1.12. The average Bonchev–Trinajstić information content (AvgIpc) is 2.76. The van der Waals surface area contributed by atoms with Gasteiger partial charge in [-0.25, -0.2) is 0 Å². The Morgan fingerprint density at radius 2 is 0.688 bits per heavy atom. The zero-order valence-corrected chi connectivity index (χ0v) is 11.6. The van der Waals surface area contributed by atoms with Crippen molar-refractivity contribution >= 4 is 0 Å². The highest BCUT2D eigenvalue weighted by molar-refractivity contribution is 4.75. The normalized spacial score (nSPS) is 25.1. The third-order valence-corrected chi connectivity index (χ3v) is 4.47. The van der Waals surface area contributed by atoms with E-state index in [0.717, 1.165) is 11.8 Å². The van der Waals surface area contributed by atoms with Gasteiger partial charge in [0, 0.05) is 0 Å². The van der Waals surface area contributed by atoms with E-state index in [4.69, 9.17) is 0 Å². The van der Waals surface area contributed by atoms with Crippen LogP contribution in [0.3, 0.4) is 0 Å². The zero-order valence-electron chi connectivity index (χ0n) is 11.6.